The van der Waals surface area contributed by atoms with Gasteiger partial charge in [0, 0.05) is 7.11 Å². The van der Waals surface area contributed by atoms with Gasteiger partial charge in [-0.15, -0.1) is 0 Å². The molecule has 0 aromatic rings. The van der Waals surface area contributed by atoms with Crippen LogP contribution in [0.1, 0.15) is 99.3 Å². The van der Waals surface area contributed by atoms with E-state index in [1.165, 1.54) is 38.5 Å². The van der Waals surface area contributed by atoms with Crippen molar-refractivity contribution in [3.05, 3.63) is 23.3 Å². The molecule has 2 nitrogen and oxygen atoms in total. The van der Waals surface area contributed by atoms with Gasteiger partial charge in [-0.3, -0.25) is 0 Å². The number of fused-ring (bicyclic) bond motifs is 4. The molecule has 0 aliphatic heterocycles. The Bertz CT molecular complexity index is 735. The van der Waals surface area contributed by atoms with E-state index in [9.17, 15) is 5.11 Å². The minimum atomic E-state index is -0.102. The van der Waals surface area contributed by atoms with Gasteiger partial charge in [0.05, 0.1) is 12.2 Å². The molecule has 4 aliphatic rings. The minimum absolute atomic E-state index is 0.102. The van der Waals surface area contributed by atoms with E-state index in [2.05, 4.69) is 53.7 Å². The van der Waals surface area contributed by atoms with E-state index in [-0.39, 0.29) is 12.2 Å². The second-order valence-corrected chi connectivity index (χ2v) is 12.7. The molecule has 0 amide bonds. The lowest BCUT2D eigenvalue weighted by Crippen LogP contribution is -2.52. The Morgan fingerprint density at radius 3 is 2.47 bits per heavy atom. The molecule has 0 heterocycles. The standard InChI is InChI=1S/C30H50O2/c1-8-21(19(2)3)10-9-20(4)24-11-12-25-28-26(14-16-30(24,25)6)29(5)15-13-23(31)17-22(29)18-27(28)32-7/h9-10,19-24,26-27,31H,8,11-18H2,1-7H3. The third-order valence-electron chi connectivity index (χ3n) is 10.9. The van der Waals surface area contributed by atoms with Crippen LogP contribution in [0.25, 0.3) is 0 Å². The van der Waals surface area contributed by atoms with Crippen molar-refractivity contribution in [2.45, 2.75) is 112 Å². The van der Waals surface area contributed by atoms with Gasteiger partial charge in [0.1, 0.15) is 0 Å². The summed E-state index contributed by atoms with van der Waals surface area (Å²) in [7, 11) is 1.93. The van der Waals surface area contributed by atoms with E-state index in [1.54, 1.807) is 11.1 Å². The molecule has 9 unspecified atom stereocenters. The second kappa shape index (κ2) is 9.21. The van der Waals surface area contributed by atoms with E-state index in [4.69, 9.17) is 4.74 Å². The summed E-state index contributed by atoms with van der Waals surface area (Å²) >= 11 is 0. The number of hydrogen-bond donors (Lipinski definition) is 1. The minimum Gasteiger partial charge on any atom is -0.393 e. The molecule has 0 aromatic carbocycles. The average Bonchev–Trinajstić information content (AvgIpc) is 3.11. The predicted octanol–water partition coefficient (Wildman–Crippen LogP) is 7.57. The fraction of sp³-hybridized carbons (Fsp3) is 0.867. The van der Waals surface area contributed by atoms with Gasteiger partial charge in [-0.05, 0) is 110 Å². The van der Waals surface area contributed by atoms with Crippen LogP contribution in [0.2, 0.25) is 0 Å². The van der Waals surface area contributed by atoms with Crippen LogP contribution in [-0.2, 0) is 4.74 Å². The summed E-state index contributed by atoms with van der Waals surface area (Å²) in [5.41, 5.74) is 4.19. The average molecular weight is 443 g/mol. The molecule has 182 valence electrons. The zero-order valence-electron chi connectivity index (χ0n) is 22.0. The summed E-state index contributed by atoms with van der Waals surface area (Å²) in [6.07, 6.45) is 16.0. The molecule has 0 spiro atoms. The summed E-state index contributed by atoms with van der Waals surface area (Å²) in [5, 5.41) is 10.4. The maximum Gasteiger partial charge on any atom is 0.0789 e. The first kappa shape index (κ1) is 24.5. The monoisotopic (exact) mass is 442 g/mol. The molecule has 1 N–H and O–H groups in total. The summed E-state index contributed by atoms with van der Waals surface area (Å²) in [5.74, 6) is 4.09. The third-order valence-corrected chi connectivity index (χ3v) is 10.9. The molecule has 3 saturated carbocycles. The molecule has 9 atom stereocenters. The first-order valence-electron chi connectivity index (χ1n) is 13.8. The molecule has 4 aliphatic carbocycles. The highest BCUT2D eigenvalue weighted by Crippen LogP contribution is 2.66. The molecule has 3 fully saturated rings. The smallest absolute Gasteiger partial charge is 0.0789 e. The van der Waals surface area contributed by atoms with E-state index in [0.717, 1.165) is 31.1 Å². The fourth-order valence-electron chi connectivity index (χ4n) is 8.81. The first-order chi connectivity index (χ1) is 15.2. The summed E-state index contributed by atoms with van der Waals surface area (Å²) in [6.45, 7) is 14.7. The van der Waals surface area contributed by atoms with Gasteiger partial charge in [0.25, 0.3) is 0 Å². The SMILES string of the molecule is CCC(C=CC(C)C1CCC2=C3C(OC)CC4CC(O)CCC4(C)C3CCC21C)C(C)C. The number of ether oxygens (including phenoxy) is 1. The van der Waals surface area contributed by atoms with Crippen molar-refractivity contribution < 1.29 is 9.84 Å². The highest BCUT2D eigenvalue weighted by molar-refractivity contribution is 5.37. The van der Waals surface area contributed by atoms with Gasteiger partial charge in [-0.25, -0.2) is 0 Å². The van der Waals surface area contributed by atoms with E-state index in [0.29, 0.717) is 34.5 Å². The Morgan fingerprint density at radius 2 is 1.81 bits per heavy atom. The van der Waals surface area contributed by atoms with Crippen molar-refractivity contribution in [1.82, 2.24) is 0 Å². The zero-order valence-corrected chi connectivity index (χ0v) is 22.0. The molecule has 4 rings (SSSR count). The largest absolute Gasteiger partial charge is 0.393 e. The van der Waals surface area contributed by atoms with E-state index >= 15 is 0 Å². The highest BCUT2D eigenvalue weighted by atomic mass is 16.5. The molecule has 0 radical (unpaired) electrons. The predicted molar refractivity (Wildman–Crippen MR) is 134 cm³/mol. The Kier molecular flexibility index (Phi) is 7.06. The normalized spacial score (nSPS) is 43.8. The first-order valence-corrected chi connectivity index (χ1v) is 13.8. The Balaban J connectivity index is 1.64. The van der Waals surface area contributed by atoms with Crippen LogP contribution in [0.3, 0.4) is 0 Å². The molecular weight excluding hydrogens is 392 g/mol. The van der Waals surface area contributed by atoms with Crippen molar-refractivity contribution in [2.75, 3.05) is 7.11 Å². The quantitative estimate of drug-likeness (QED) is 0.430. The number of aliphatic hydroxyl groups is 1. The van der Waals surface area contributed by atoms with Crippen molar-refractivity contribution in [3.63, 3.8) is 0 Å². The maximum absolute atomic E-state index is 10.4. The van der Waals surface area contributed by atoms with Crippen LogP contribution >= 0.6 is 0 Å². The van der Waals surface area contributed by atoms with Gasteiger partial charge in [0.15, 0.2) is 0 Å². The van der Waals surface area contributed by atoms with Crippen LogP contribution in [-0.4, -0.2) is 24.4 Å². The Hall–Kier alpha value is -0.600. The van der Waals surface area contributed by atoms with Gasteiger partial charge >= 0.3 is 0 Å². The number of allylic oxidation sites excluding steroid dienone is 3. The van der Waals surface area contributed by atoms with Crippen molar-refractivity contribution in [1.29, 1.82) is 0 Å². The van der Waals surface area contributed by atoms with Crippen LogP contribution in [0, 0.1) is 46.3 Å². The number of methoxy groups -OCH3 is 1. The summed E-state index contributed by atoms with van der Waals surface area (Å²) in [4.78, 5) is 0. The molecule has 0 saturated heterocycles. The van der Waals surface area contributed by atoms with Crippen LogP contribution in [0.4, 0.5) is 0 Å². The number of aliphatic hydroxyl groups excluding tert-OH is 1. The Morgan fingerprint density at radius 1 is 1.06 bits per heavy atom. The molecule has 32 heavy (non-hydrogen) atoms. The van der Waals surface area contributed by atoms with Crippen LogP contribution in [0.5, 0.6) is 0 Å². The van der Waals surface area contributed by atoms with E-state index in [1.807, 2.05) is 7.11 Å². The summed E-state index contributed by atoms with van der Waals surface area (Å²) in [6, 6.07) is 0. The highest BCUT2D eigenvalue weighted by Gasteiger charge is 2.57. The third kappa shape index (κ3) is 3.96. The fourth-order valence-corrected chi connectivity index (χ4v) is 8.81. The van der Waals surface area contributed by atoms with Crippen molar-refractivity contribution in [3.8, 4) is 0 Å². The van der Waals surface area contributed by atoms with Gasteiger partial charge in [-0.1, -0.05) is 59.3 Å². The lowest BCUT2D eigenvalue weighted by molar-refractivity contribution is -0.0739. The summed E-state index contributed by atoms with van der Waals surface area (Å²) < 4.78 is 6.21. The van der Waals surface area contributed by atoms with Crippen LogP contribution in [0.15, 0.2) is 23.3 Å². The number of hydrogen-bond acceptors (Lipinski definition) is 2. The second-order valence-electron chi connectivity index (χ2n) is 12.7. The molecular formula is C30H50O2. The topological polar surface area (TPSA) is 29.5 Å². The Labute approximate surface area is 198 Å². The molecule has 2 heteroatoms. The molecule has 0 bridgehead atoms. The zero-order chi connectivity index (χ0) is 23.3. The van der Waals surface area contributed by atoms with Gasteiger partial charge < -0.3 is 9.84 Å². The lowest BCUT2D eigenvalue weighted by atomic mass is 9.48. The lowest BCUT2D eigenvalue weighted by Gasteiger charge is -2.58. The van der Waals surface area contributed by atoms with E-state index < -0.39 is 0 Å². The molecule has 0 aromatic heterocycles. The number of rotatable bonds is 6. The maximum atomic E-state index is 10.4. The van der Waals surface area contributed by atoms with Crippen molar-refractivity contribution in [2.24, 2.45) is 46.3 Å². The van der Waals surface area contributed by atoms with Crippen molar-refractivity contribution >= 4 is 0 Å². The van der Waals surface area contributed by atoms with Gasteiger partial charge in [-0.2, -0.15) is 0 Å². The van der Waals surface area contributed by atoms with Gasteiger partial charge in [0.2, 0.25) is 0 Å². The van der Waals surface area contributed by atoms with Crippen LogP contribution < -0.4 is 0 Å².